The molecule has 0 saturated carbocycles. The Morgan fingerprint density at radius 1 is 1.32 bits per heavy atom. The van der Waals surface area contributed by atoms with E-state index in [0.29, 0.717) is 24.9 Å². The first kappa shape index (κ1) is 15.8. The van der Waals surface area contributed by atoms with E-state index in [-0.39, 0.29) is 5.91 Å². The Kier molecular flexibility index (Phi) is 4.19. The summed E-state index contributed by atoms with van der Waals surface area (Å²) < 4.78 is 1.91. The van der Waals surface area contributed by atoms with Gasteiger partial charge in [-0.1, -0.05) is 6.07 Å². The van der Waals surface area contributed by atoms with Gasteiger partial charge in [-0.05, 0) is 17.5 Å². The van der Waals surface area contributed by atoms with Crippen molar-refractivity contribution in [3.8, 4) is 0 Å². The number of fused-ring (bicyclic) bond motifs is 1. The van der Waals surface area contributed by atoms with Gasteiger partial charge in [-0.15, -0.1) is 11.3 Å². The van der Waals surface area contributed by atoms with Gasteiger partial charge >= 0.3 is 0 Å². The van der Waals surface area contributed by atoms with Gasteiger partial charge in [0, 0.05) is 43.0 Å². The molecule has 1 N–H and O–H groups in total. The molecule has 0 unspecified atom stereocenters. The second-order valence-corrected chi connectivity index (χ2v) is 6.90. The summed E-state index contributed by atoms with van der Waals surface area (Å²) in [4.78, 5) is 28.9. The van der Waals surface area contributed by atoms with Crippen molar-refractivity contribution >= 4 is 23.2 Å². The summed E-state index contributed by atoms with van der Waals surface area (Å²) in [6.45, 7) is 1.95. The first-order valence-corrected chi connectivity index (χ1v) is 8.97. The Hall–Kier alpha value is -2.74. The third-order valence-corrected chi connectivity index (χ3v) is 5.17. The lowest BCUT2D eigenvalue weighted by atomic mass is 10.1. The van der Waals surface area contributed by atoms with Crippen LogP contribution in [0.4, 0.5) is 5.95 Å². The summed E-state index contributed by atoms with van der Waals surface area (Å²) in [7, 11) is 1.90. The van der Waals surface area contributed by atoms with E-state index >= 15 is 0 Å². The molecular formula is C17H18N6OS. The monoisotopic (exact) mass is 354 g/mol. The number of carbonyl (C=O) groups is 1. The Balaban J connectivity index is 1.51. The maximum atomic E-state index is 12.5. The second kappa shape index (κ2) is 6.64. The van der Waals surface area contributed by atoms with Crippen LogP contribution >= 0.6 is 11.3 Å². The lowest BCUT2D eigenvalue weighted by Crippen LogP contribution is -2.32. The molecule has 3 aromatic rings. The van der Waals surface area contributed by atoms with Crippen molar-refractivity contribution in [3.05, 3.63) is 58.1 Å². The number of amides is 1. The summed E-state index contributed by atoms with van der Waals surface area (Å²) in [5.41, 5.74) is 2.02. The van der Waals surface area contributed by atoms with Gasteiger partial charge in [0.25, 0.3) is 5.91 Å². The van der Waals surface area contributed by atoms with E-state index in [2.05, 4.69) is 25.2 Å². The highest BCUT2D eigenvalue weighted by Crippen LogP contribution is 2.22. The van der Waals surface area contributed by atoms with Gasteiger partial charge in [0.2, 0.25) is 5.95 Å². The summed E-state index contributed by atoms with van der Waals surface area (Å²) in [6.07, 6.45) is 4.29. The topological polar surface area (TPSA) is 75.9 Å². The molecule has 0 atom stereocenters. The lowest BCUT2D eigenvalue weighted by Gasteiger charge is -2.26. The van der Waals surface area contributed by atoms with Crippen molar-refractivity contribution in [1.29, 1.82) is 0 Å². The minimum Gasteiger partial charge on any atom is -0.344 e. The smallest absolute Gasteiger partial charge is 0.287 e. The molecule has 0 spiro atoms. The SMILES string of the molecule is Cn1c(C(=O)NCc2cccs2)nc2c1CCN(c1ncccn1)C2. The second-order valence-electron chi connectivity index (χ2n) is 5.87. The first-order chi connectivity index (χ1) is 12.2. The number of rotatable bonds is 4. The minimum atomic E-state index is -0.146. The molecule has 25 heavy (non-hydrogen) atoms. The molecule has 8 heteroatoms. The van der Waals surface area contributed by atoms with Crippen LogP contribution < -0.4 is 10.2 Å². The Bertz CT molecular complexity index is 874. The number of anilines is 1. The predicted molar refractivity (Wildman–Crippen MR) is 95.5 cm³/mol. The number of aromatic nitrogens is 4. The number of nitrogens with one attached hydrogen (secondary N) is 1. The van der Waals surface area contributed by atoms with Crippen LogP contribution in [0, 0.1) is 0 Å². The fourth-order valence-corrected chi connectivity index (χ4v) is 3.66. The molecule has 1 aliphatic heterocycles. The highest BCUT2D eigenvalue weighted by atomic mass is 32.1. The van der Waals surface area contributed by atoms with Crippen LogP contribution in [0.2, 0.25) is 0 Å². The van der Waals surface area contributed by atoms with Gasteiger partial charge in [-0.2, -0.15) is 0 Å². The Morgan fingerprint density at radius 3 is 2.92 bits per heavy atom. The van der Waals surface area contributed by atoms with Gasteiger partial charge in [0.05, 0.1) is 18.8 Å². The highest BCUT2D eigenvalue weighted by molar-refractivity contribution is 7.09. The van der Waals surface area contributed by atoms with Crippen LogP contribution in [0.15, 0.2) is 36.0 Å². The van der Waals surface area contributed by atoms with E-state index in [1.165, 1.54) is 0 Å². The number of hydrogen-bond acceptors (Lipinski definition) is 6. The van der Waals surface area contributed by atoms with Crippen LogP contribution in [-0.4, -0.2) is 32.0 Å². The molecule has 0 fully saturated rings. The van der Waals surface area contributed by atoms with E-state index in [9.17, 15) is 4.79 Å². The summed E-state index contributed by atoms with van der Waals surface area (Å²) in [5, 5.41) is 4.95. The van der Waals surface area contributed by atoms with Crippen molar-refractivity contribution in [2.45, 2.75) is 19.5 Å². The van der Waals surface area contributed by atoms with Crippen molar-refractivity contribution < 1.29 is 4.79 Å². The quantitative estimate of drug-likeness (QED) is 0.773. The molecule has 0 bridgehead atoms. The largest absolute Gasteiger partial charge is 0.344 e. The maximum absolute atomic E-state index is 12.5. The summed E-state index contributed by atoms with van der Waals surface area (Å²) >= 11 is 1.63. The minimum absolute atomic E-state index is 0.146. The van der Waals surface area contributed by atoms with Crippen LogP contribution in [0.3, 0.4) is 0 Å². The Morgan fingerprint density at radius 2 is 2.16 bits per heavy atom. The molecule has 0 aromatic carbocycles. The molecule has 1 aliphatic rings. The van der Waals surface area contributed by atoms with Crippen LogP contribution in [-0.2, 0) is 26.6 Å². The number of carbonyl (C=O) groups excluding carboxylic acids is 1. The number of thiophene rings is 1. The maximum Gasteiger partial charge on any atom is 0.287 e. The van der Waals surface area contributed by atoms with E-state index in [1.807, 2.05) is 29.1 Å². The third-order valence-electron chi connectivity index (χ3n) is 4.30. The molecule has 1 amide bonds. The average molecular weight is 354 g/mol. The van der Waals surface area contributed by atoms with Crippen molar-refractivity contribution in [2.75, 3.05) is 11.4 Å². The zero-order valence-corrected chi connectivity index (χ0v) is 14.7. The third kappa shape index (κ3) is 3.12. The van der Waals surface area contributed by atoms with Crippen molar-refractivity contribution in [3.63, 3.8) is 0 Å². The fraction of sp³-hybridized carbons (Fsp3) is 0.294. The van der Waals surface area contributed by atoms with E-state index in [1.54, 1.807) is 29.8 Å². The van der Waals surface area contributed by atoms with Gasteiger partial charge in [0.1, 0.15) is 0 Å². The van der Waals surface area contributed by atoms with Gasteiger partial charge < -0.3 is 14.8 Å². The molecular weight excluding hydrogens is 336 g/mol. The van der Waals surface area contributed by atoms with Crippen LogP contribution in [0.1, 0.15) is 26.9 Å². The standard InChI is InChI=1S/C17H18N6OS/c1-22-14-5-8-23(17-18-6-3-7-19-17)11-13(14)21-15(22)16(24)20-10-12-4-2-9-25-12/h2-4,6-7,9H,5,8,10-11H2,1H3,(H,20,24). The summed E-state index contributed by atoms with van der Waals surface area (Å²) in [5.74, 6) is 1.01. The summed E-state index contributed by atoms with van der Waals surface area (Å²) in [6, 6.07) is 5.79. The normalized spacial score (nSPS) is 13.6. The van der Waals surface area contributed by atoms with Crippen molar-refractivity contribution in [2.24, 2.45) is 7.05 Å². The van der Waals surface area contributed by atoms with Gasteiger partial charge in [-0.3, -0.25) is 4.79 Å². The number of imidazole rings is 1. The zero-order valence-electron chi connectivity index (χ0n) is 13.8. The molecule has 128 valence electrons. The average Bonchev–Trinajstić information content (AvgIpc) is 3.28. The predicted octanol–water partition coefficient (Wildman–Crippen LogP) is 1.76. The highest BCUT2D eigenvalue weighted by Gasteiger charge is 2.26. The molecule has 0 aliphatic carbocycles. The van der Waals surface area contributed by atoms with E-state index in [4.69, 9.17) is 0 Å². The molecule has 0 saturated heterocycles. The first-order valence-electron chi connectivity index (χ1n) is 8.09. The molecule has 4 rings (SSSR count). The van der Waals surface area contributed by atoms with Gasteiger partial charge in [-0.25, -0.2) is 15.0 Å². The van der Waals surface area contributed by atoms with Gasteiger partial charge in [0.15, 0.2) is 5.82 Å². The zero-order chi connectivity index (χ0) is 17.2. The lowest BCUT2D eigenvalue weighted by molar-refractivity contribution is 0.0937. The van der Waals surface area contributed by atoms with Crippen molar-refractivity contribution in [1.82, 2.24) is 24.8 Å². The van der Waals surface area contributed by atoms with E-state index in [0.717, 1.165) is 29.2 Å². The number of hydrogen-bond donors (Lipinski definition) is 1. The fourth-order valence-electron chi connectivity index (χ4n) is 3.02. The number of nitrogens with zero attached hydrogens (tertiary/aromatic N) is 5. The van der Waals surface area contributed by atoms with Crippen LogP contribution in [0.5, 0.6) is 0 Å². The molecule has 3 aromatic heterocycles. The molecule has 7 nitrogen and oxygen atoms in total. The van der Waals surface area contributed by atoms with E-state index < -0.39 is 0 Å². The Labute approximate surface area is 149 Å². The molecule has 4 heterocycles. The van der Waals surface area contributed by atoms with Crippen LogP contribution in [0.25, 0.3) is 0 Å². The molecule has 0 radical (unpaired) electrons.